The standard InChI is InChI=1S/C13H18Cl2N2O2/c14-5-7-17(8-6-15)11-3-1-10(2-4-11)9-12(16)13(18)19/h1-4,12H,5-9,16H2,(H,18,19)/t12-/m1/s1/i5D2,6D2,7D2,8D2. The Kier molecular flexibility index (Phi) is 3.35. The molecule has 106 valence electrons. The topological polar surface area (TPSA) is 66.6 Å². The van der Waals surface area contributed by atoms with Crippen LogP contribution < -0.4 is 10.6 Å². The van der Waals surface area contributed by atoms with Crippen LogP contribution in [-0.4, -0.2) is 41.8 Å². The Hall–Kier alpha value is -0.970. The molecular formula is C13H18Cl2N2O2. The number of anilines is 1. The predicted octanol–water partition coefficient (Wildman–Crippen LogP) is 1.92. The fourth-order valence-electron chi connectivity index (χ4n) is 1.36. The van der Waals surface area contributed by atoms with Crippen molar-refractivity contribution in [3.8, 4) is 0 Å². The van der Waals surface area contributed by atoms with Crippen LogP contribution in [0.3, 0.4) is 0 Å². The zero-order valence-corrected chi connectivity index (χ0v) is 11.2. The van der Waals surface area contributed by atoms with Gasteiger partial charge in [-0.1, -0.05) is 12.1 Å². The number of nitrogens with two attached hydrogens (primary N) is 1. The minimum atomic E-state index is -3.21. The average molecular weight is 313 g/mol. The van der Waals surface area contributed by atoms with Gasteiger partial charge in [-0.2, -0.15) is 0 Å². The van der Waals surface area contributed by atoms with Gasteiger partial charge in [0.05, 0.1) is 5.48 Å². The van der Waals surface area contributed by atoms with Crippen molar-refractivity contribution in [1.82, 2.24) is 0 Å². The Balaban J connectivity index is 3.43. The molecule has 4 nitrogen and oxygen atoms in total. The molecule has 19 heavy (non-hydrogen) atoms. The van der Waals surface area contributed by atoms with Gasteiger partial charge in [-0.05, 0) is 24.1 Å². The van der Waals surface area contributed by atoms with E-state index in [9.17, 15) is 4.79 Å². The van der Waals surface area contributed by atoms with E-state index in [1.807, 2.05) is 0 Å². The van der Waals surface area contributed by atoms with Crippen LogP contribution in [0.1, 0.15) is 16.5 Å². The number of aliphatic carboxylic acids is 1. The number of hydrogen-bond donors (Lipinski definition) is 2. The molecule has 0 saturated heterocycles. The minimum Gasteiger partial charge on any atom is -0.480 e. The van der Waals surface area contributed by atoms with Gasteiger partial charge < -0.3 is 15.7 Å². The van der Waals surface area contributed by atoms with E-state index >= 15 is 0 Å². The van der Waals surface area contributed by atoms with Gasteiger partial charge in [-0.3, -0.25) is 4.79 Å². The van der Waals surface area contributed by atoms with Gasteiger partial charge in [0.15, 0.2) is 0 Å². The minimum absolute atomic E-state index is 0.0535. The van der Waals surface area contributed by atoms with Crippen molar-refractivity contribution >= 4 is 34.9 Å². The van der Waals surface area contributed by atoms with Crippen LogP contribution in [0.2, 0.25) is 0 Å². The van der Waals surface area contributed by atoms with Crippen LogP contribution in [0.25, 0.3) is 0 Å². The first-order valence-corrected chi connectivity index (χ1v) is 5.94. The van der Waals surface area contributed by atoms with E-state index in [1.165, 1.54) is 24.3 Å². The van der Waals surface area contributed by atoms with Crippen LogP contribution in [0.15, 0.2) is 24.3 Å². The van der Waals surface area contributed by atoms with Gasteiger partial charge in [0.1, 0.15) is 6.04 Å². The molecule has 0 bridgehead atoms. The van der Waals surface area contributed by atoms with E-state index in [0.717, 1.165) is 0 Å². The number of benzene rings is 1. The van der Waals surface area contributed by atoms with Crippen LogP contribution in [0.4, 0.5) is 5.69 Å². The second-order valence-corrected chi connectivity index (χ2v) is 3.94. The van der Waals surface area contributed by atoms with Gasteiger partial charge in [0, 0.05) is 35.8 Å². The molecule has 0 saturated carbocycles. The van der Waals surface area contributed by atoms with E-state index in [2.05, 4.69) is 0 Å². The monoisotopic (exact) mass is 312 g/mol. The number of carbonyl (C=O) groups is 1. The van der Waals surface area contributed by atoms with E-state index < -0.39 is 36.7 Å². The van der Waals surface area contributed by atoms with Gasteiger partial charge in [-0.25, -0.2) is 0 Å². The van der Waals surface area contributed by atoms with Crippen molar-refractivity contribution in [2.24, 2.45) is 5.73 Å². The normalized spacial score (nSPS) is 21.4. The molecule has 0 fully saturated rings. The lowest BCUT2D eigenvalue weighted by atomic mass is 10.1. The second kappa shape index (κ2) is 8.25. The number of rotatable bonds is 8. The summed E-state index contributed by atoms with van der Waals surface area (Å²) >= 11 is 10.9. The molecule has 1 rings (SSSR count). The molecule has 0 aromatic heterocycles. The van der Waals surface area contributed by atoms with E-state index in [1.54, 1.807) is 0 Å². The Morgan fingerprint density at radius 2 is 1.84 bits per heavy atom. The number of halogens is 2. The van der Waals surface area contributed by atoms with Crippen LogP contribution >= 0.6 is 23.2 Å². The molecule has 6 heteroatoms. The third-order valence-electron chi connectivity index (χ3n) is 2.28. The Bertz CT molecular complexity index is 650. The molecule has 3 N–H and O–H groups in total. The fraction of sp³-hybridized carbons (Fsp3) is 0.462. The van der Waals surface area contributed by atoms with Crippen molar-refractivity contribution < 1.29 is 20.9 Å². The Morgan fingerprint density at radius 3 is 2.26 bits per heavy atom. The fourth-order valence-corrected chi connectivity index (χ4v) is 1.53. The number of alkyl halides is 2. The maximum absolute atomic E-state index is 10.8. The molecule has 0 radical (unpaired) electrons. The van der Waals surface area contributed by atoms with Gasteiger partial charge in [0.25, 0.3) is 0 Å². The summed E-state index contributed by atoms with van der Waals surface area (Å²) in [5.74, 6) is -7.43. The molecule has 0 heterocycles. The van der Waals surface area contributed by atoms with Gasteiger partial charge in [-0.15, -0.1) is 23.2 Å². The van der Waals surface area contributed by atoms with Crippen molar-refractivity contribution in [3.05, 3.63) is 29.8 Å². The molecule has 0 unspecified atom stereocenters. The third kappa shape index (κ3) is 5.27. The Morgan fingerprint density at radius 1 is 1.32 bits per heavy atom. The lowest BCUT2D eigenvalue weighted by Crippen LogP contribution is -2.32. The summed E-state index contributed by atoms with van der Waals surface area (Å²) in [6.45, 7) is -6.42. The highest BCUT2D eigenvalue weighted by molar-refractivity contribution is 6.18. The summed E-state index contributed by atoms with van der Waals surface area (Å²) in [4.78, 5) is 11.0. The Labute approximate surface area is 134 Å². The molecule has 0 aliphatic rings. The van der Waals surface area contributed by atoms with E-state index in [-0.39, 0.29) is 17.0 Å². The largest absolute Gasteiger partial charge is 0.480 e. The zero-order chi connectivity index (χ0) is 21.4. The van der Waals surface area contributed by atoms with Crippen LogP contribution in [0, 0.1) is 0 Å². The summed E-state index contributed by atoms with van der Waals surface area (Å²) in [6.07, 6.45) is -0.0535. The quantitative estimate of drug-likeness (QED) is 0.720. The summed E-state index contributed by atoms with van der Waals surface area (Å²) in [6, 6.07) is 3.84. The number of carboxylic acids is 1. The zero-order valence-electron chi connectivity index (χ0n) is 17.7. The SMILES string of the molecule is [2H]C([2H])(Cl)C([2H])([2H])N(c1ccc(C[C@@H](N)C(=O)O)cc1)C([2H])([2H])C([2H])([2H])Cl. The molecule has 1 aromatic rings. The first-order chi connectivity index (χ1) is 11.9. The van der Waals surface area contributed by atoms with Crippen LogP contribution in [-0.2, 0) is 11.2 Å². The maximum Gasteiger partial charge on any atom is 0.320 e. The highest BCUT2D eigenvalue weighted by Gasteiger charge is 2.12. The summed E-state index contributed by atoms with van der Waals surface area (Å²) in [7, 11) is 0. The van der Waals surface area contributed by atoms with Crippen molar-refractivity contribution in [1.29, 1.82) is 0 Å². The van der Waals surface area contributed by atoms with Crippen molar-refractivity contribution in [2.45, 2.75) is 12.5 Å². The van der Waals surface area contributed by atoms with Crippen molar-refractivity contribution in [2.75, 3.05) is 29.6 Å². The lowest BCUT2D eigenvalue weighted by Gasteiger charge is -2.23. The van der Waals surface area contributed by atoms with Crippen molar-refractivity contribution in [3.63, 3.8) is 0 Å². The molecular weight excluding hydrogens is 287 g/mol. The number of hydrogen-bond acceptors (Lipinski definition) is 3. The lowest BCUT2D eigenvalue weighted by molar-refractivity contribution is -0.138. The predicted molar refractivity (Wildman–Crippen MR) is 79.4 cm³/mol. The van der Waals surface area contributed by atoms with E-state index in [4.69, 9.17) is 45.0 Å². The highest BCUT2D eigenvalue weighted by Crippen LogP contribution is 2.16. The molecule has 0 aliphatic heterocycles. The number of nitrogens with zero attached hydrogens (tertiary/aromatic N) is 1. The molecule has 0 spiro atoms. The molecule has 1 atom stereocenters. The smallest absolute Gasteiger partial charge is 0.320 e. The molecule has 0 aliphatic carbocycles. The molecule has 0 amide bonds. The summed E-state index contributed by atoms with van der Waals surface area (Å²) < 4.78 is 61.7. The third-order valence-corrected chi connectivity index (χ3v) is 2.44. The summed E-state index contributed by atoms with van der Waals surface area (Å²) in [5, 5.41) is 8.83. The second-order valence-electron chi connectivity index (χ2n) is 3.56. The first kappa shape index (κ1) is 7.72. The van der Waals surface area contributed by atoms with Gasteiger partial charge >= 0.3 is 5.97 Å². The highest BCUT2D eigenvalue weighted by atomic mass is 35.5. The first-order valence-electron chi connectivity index (χ1n) is 9.18. The summed E-state index contributed by atoms with van der Waals surface area (Å²) in [5.41, 5.74) is 5.62. The van der Waals surface area contributed by atoms with E-state index in [0.29, 0.717) is 5.56 Å². The number of carboxylic acid groups (broad SMARTS) is 1. The van der Waals surface area contributed by atoms with Gasteiger partial charge in [0.2, 0.25) is 0 Å². The maximum atomic E-state index is 10.8. The molecule has 1 aromatic carbocycles. The van der Waals surface area contributed by atoms with Crippen LogP contribution in [0.5, 0.6) is 0 Å². The average Bonchev–Trinajstić information content (AvgIpc) is 2.46.